The standard InChI is InChI=1S/C26H25FN6O/c27-21-5-1-3-18(13-21)14-22-16-20(6-7-28-22)26(34)33-12-2-4-19(17-33)15-23-24(30-9-8-29-23)25-31-10-11-32-25/h1,3,5-11,13,16,19H,2,4,12,14-15,17H2,(H,31,32)/t19-/m1/s1. The first-order chi connectivity index (χ1) is 16.7. The molecule has 172 valence electrons. The lowest BCUT2D eigenvalue weighted by molar-refractivity contribution is 0.0672. The molecule has 1 amide bonds. The minimum Gasteiger partial charge on any atom is -0.343 e. The second-order valence-corrected chi connectivity index (χ2v) is 8.60. The molecule has 1 saturated heterocycles. The number of rotatable bonds is 6. The van der Waals surface area contributed by atoms with Crippen LogP contribution in [0.15, 0.2) is 67.4 Å². The van der Waals surface area contributed by atoms with E-state index in [1.54, 1.807) is 43.1 Å². The van der Waals surface area contributed by atoms with Crippen LogP contribution in [0, 0.1) is 11.7 Å². The van der Waals surface area contributed by atoms with Gasteiger partial charge in [0.25, 0.3) is 5.91 Å². The number of pyridine rings is 1. The highest BCUT2D eigenvalue weighted by Crippen LogP contribution is 2.25. The zero-order valence-corrected chi connectivity index (χ0v) is 18.7. The van der Waals surface area contributed by atoms with E-state index in [0.717, 1.165) is 48.5 Å². The van der Waals surface area contributed by atoms with E-state index >= 15 is 0 Å². The number of carbonyl (C=O) groups is 1. The predicted octanol–water partition coefficient (Wildman–Crippen LogP) is 4.09. The maximum absolute atomic E-state index is 13.5. The van der Waals surface area contributed by atoms with E-state index in [-0.39, 0.29) is 17.6 Å². The van der Waals surface area contributed by atoms with E-state index in [2.05, 4.69) is 24.9 Å². The van der Waals surface area contributed by atoms with Crippen LogP contribution in [0.3, 0.4) is 0 Å². The van der Waals surface area contributed by atoms with Crippen LogP contribution in [0.2, 0.25) is 0 Å². The summed E-state index contributed by atoms with van der Waals surface area (Å²) >= 11 is 0. The third kappa shape index (κ3) is 5.01. The Bertz CT molecular complexity index is 1280. The van der Waals surface area contributed by atoms with Crippen LogP contribution in [0.5, 0.6) is 0 Å². The summed E-state index contributed by atoms with van der Waals surface area (Å²) in [5, 5.41) is 0. The van der Waals surface area contributed by atoms with E-state index < -0.39 is 0 Å². The van der Waals surface area contributed by atoms with Gasteiger partial charge in [-0.05, 0) is 55.0 Å². The van der Waals surface area contributed by atoms with Gasteiger partial charge in [0.2, 0.25) is 0 Å². The fourth-order valence-corrected chi connectivity index (χ4v) is 4.54. The van der Waals surface area contributed by atoms with E-state index in [1.807, 2.05) is 17.0 Å². The van der Waals surface area contributed by atoms with Crippen molar-refractivity contribution in [3.63, 3.8) is 0 Å². The first-order valence-electron chi connectivity index (χ1n) is 11.4. The van der Waals surface area contributed by atoms with Crippen molar-refractivity contribution in [3.05, 3.63) is 95.7 Å². The molecular weight excluding hydrogens is 431 g/mol. The van der Waals surface area contributed by atoms with Gasteiger partial charge < -0.3 is 9.88 Å². The van der Waals surface area contributed by atoms with E-state index in [0.29, 0.717) is 24.4 Å². The Morgan fingerprint density at radius 1 is 1.06 bits per heavy atom. The molecule has 5 rings (SSSR count). The van der Waals surface area contributed by atoms with Crippen LogP contribution in [0.25, 0.3) is 11.5 Å². The molecule has 7 nitrogen and oxygen atoms in total. The summed E-state index contributed by atoms with van der Waals surface area (Å²) in [6.45, 7) is 1.39. The number of H-pyrrole nitrogens is 1. The molecule has 0 saturated carbocycles. The molecule has 0 bridgehead atoms. The highest BCUT2D eigenvalue weighted by atomic mass is 19.1. The van der Waals surface area contributed by atoms with Crippen molar-refractivity contribution in [1.29, 1.82) is 0 Å². The number of piperidine rings is 1. The van der Waals surface area contributed by atoms with Crippen molar-refractivity contribution in [2.24, 2.45) is 5.92 Å². The highest BCUT2D eigenvalue weighted by molar-refractivity contribution is 5.94. The van der Waals surface area contributed by atoms with Gasteiger partial charge in [-0.1, -0.05) is 12.1 Å². The van der Waals surface area contributed by atoms with E-state index in [4.69, 9.17) is 0 Å². The summed E-state index contributed by atoms with van der Waals surface area (Å²) in [6, 6.07) is 10.0. The summed E-state index contributed by atoms with van der Waals surface area (Å²) in [4.78, 5) is 36.0. The summed E-state index contributed by atoms with van der Waals surface area (Å²) in [7, 11) is 0. The molecule has 0 unspecified atom stereocenters. The lowest BCUT2D eigenvalue weighted by atomic mass is 9.92. The third-order valence-corrected chi connectivity index (χ3v) is 6.12. The van der Waals surface area contributed by atoms with Gasteiger partial charge in [-0.25, -0.2) is 14.4 Å². The molecule has 1 atom stereocenters. The number of amides is 1. The molecule has 0 radical (unpaired) electrons. The van der Waals surface area contributed by atoms with Crippen LogP contribution < -0.4 is 0 Å². The predicted molar refractivity (Wildman–Crippen MR) is 125 cm³/mol. The van der Waals surface area contributed by atoms with Crippen LogP contribution >= 0.6 is 0 Å². The van der Waals surface area contributed by atoms with Gasteiger partial charge in [0, 0.05) is 61.8 Å². The Balaban J connectivity index is 1.28. The number of halogens is 1. The number of hydrogen-bond acceptors (Lipinski definition) is 5. The Morgan fingerprint density at radius 3 is 2.82 bits per heavy atom. The van der Waals surface area contributed by atoms with Gasteiger partial charge in [0.1, 0.15) is 11.5 Å². The van der Waals surface area contributed by atoms with Gasteiger partial charge >= 0.3 is 0 Å². The third-order valence-electron chi connectivity index (χ3n) is 6.12. The maximum atomic E-state index is 13.5. The van der Waals surface area contributed by atoms with Crippen molar-refractivity contribution >= 4 is 5.91 Å². The summed E-state index contributed by atoms with van der Waals surface area (Å²) in [5.41, 5.74) is 3.82. The molecule has 1 N–H and O–H groups in total. The number of nitrogens with zero attached hydrogens (tertiary/aromatic N) is 5. The van der Waals surface area contributed by atoms with Gasteiger partial charge in [0.15, 0.2) is 5.82 Å². The minimum atomic E-state index is -0.276. The van der Waals surface area contributed by atoms with Gasteiger partial charge in [-0.2, -0.15) is 0 Å². The fourth-order valence-electron chi connectivity index (χ4n) is 4.54. The molecule has 1 fully saturated rings. The molecule has 3 aromatic heterocycles. The Labute approximate surface area is 197 Å². The van der Waals surface area contributed by atoms with Crippen molar-refractivity contribution in [2.45, 2.75) is 25.7 Å². The first kappa shape index (κ1) is 21.9. The molecule has 4 aromatic rings. The summed E-state index contributed by atoms with van der Waals surface area (Å²) in [5.74, 6) is 0.714. The Morgan fingerprint density at radius 2 is 1.97 bits per heavy atom. The quantitative estimate of drug-likeness (QED) is 0.472. The Kier molecular flexibility index (Phi) is 6.38. The zero-order valence-electron chi connectivity index (χ0n) is 18.7. The fraction of sp³-hybridized carbons (Fsp3) is 0.269. The maximum Gasteiger partial charge on any atom is 0.253 e. The molecule has 4 heterocycles. The van der Waals surface area contributed by atoms with Gasteiger partial charge in [-0.3, -0.25) is 14.8 Å². The zero-order chi connectivity index (χ0) is 23.3. The van der Waals surface area contributed by atoms with Crippen molar-refractivity contribution in [2.75, 3.05) is 13.1 Å². The van der Waals surface area contributed by atoms with Gasteiger partial charge in [-0.15, -0.1) is 0 Å². The number of aromatic amines is 1. The van der Waals surface area contributed by atoms with Crippen molar-refractivity contribution in [3.8, 4) is 11.5 Å². The molecule has 1 aromatic carbocycles. The molecule has 1 aliphatic rings. The molecule has 34 heavy (non-hydrogen) atoms. The van der Waals surface area contributed by atoms with Crippen LogP contribution in [0.4, 0.5) is 4.39 Å². The normalized spacial score (nSPS) is 15.9. The number of likely N-dealkylation sites (tertiary alicyclic amines) is 1. The van der Waals surface area contributed by atoms with E-state index in [1.165, 1.54) is 12.1 Å². The average Bonchev–Trinajstić information content (AvgIpc) is 3.39. The number of aromatic nitrogens is 5. The van der Waals surface area contributed by atoms with Crippen molar-refractivity contribution in [1.82, 2.24) is 29.8 Å². The SMILES string of the molecule is O=C(c1ccnc(Cc2cccc(F)c2)c1)N1CCC[C@H](Cc2nccnc2-c2ncc[nH]2)C1. The first-order valence-corrected chi connectivity index (χ1v) is 11.4. The number of benzene rings is 1. The highest BCUT2D eigenvalue weighted by Gasteiger charge is 2.26. The second kappa shape index (κ2) is 9.91. The van der Waals surface area contributed by atoms with E-state index in [9.17, 15) is 9.18 Å². The van der Waals surface area contributed by atoms with Crippen molar-refractivity contribution < 1.29 is 9.18 Å². The van der Waals surface area contributed by atoms with Gasteiger partial charge in [0.05, 0.1) is 5.69 Å². The molecule has 8 heteroatoms. The minimum absolute atomic E-state index is 0.00186. The average molecular weight is 457 g/mol. The second-order valence-electron chi connectivity index (χ2n) is 8.60. The molecule has 0 spiro atoms. The smallest absolute Gasteiger partial charge is 0.253 e. The molecule has 0 aliphatic carbocycles. The number of hydrogen-bond donors (Lipinski definition) is 1. The lowest BCUT2D eigenvalue weighted by Gasteiger charge is -2.33. The molecule has 1 aliphatic heterocycles. The number of carbonyl (C=O) groups excluding carboxylic acids is 1. The van der Waals surface area contributed by atoms with Crippen LogP contribution in [0.1, 0.15) is 40.2 Å². The summed E-state index contributed by atoms with van der Waals surface area (Å²) in [6.07, 6.45) is 11.7. The topological polar surface area (TPSA) is 87.7 Å². The number of nitrogens with one attached hydrogen (secondary N) is 1. The number of imidazole rings is 1. The monoisotopic (exact) mass is 456 g/mol. The molecular formula is C26H25FN6O. The Hall–Kier alpha value is -3.94. The van der Waals surface area contributed by atoms with Crippen LogP contribution in [-0.4, -0.2) is 48.8 Å². The summed E-state index contributed by atoms with van der Waals surface area (Å²) < 4.78 is 13.5. The lowest BCUT2D eigenvalue weighted by Crippen LogP contribution is -2.40. The van der Waals surface area contributed by atoms with Crippen LogP contribution in [-0.2, 0) is 12.8 Å². The largest absolute Gasteiger partial charge is 0.343 e.